The average molecular weight is 523 g/mol. The van der Waals surface area contributed by atoms with Crippen molar-refractivity contribution in [2.24, 2.45) is 0 Å². The molecule has 0 amide bonds. The van der Waals surface area contributed by atoms with E-state index in [2.05, 4.69) is 0 Å². The van der Waals surface area contributed by atoms with Gasteiger partial charge in [0, 0.05) is 12.6 Å². The van der Waals surface area contributed by atoms with Gasteiger partial charge in [-0.1, -0.05) is 24.3 Å². The van der Waals surface area contributed by atoms with Crippen LogP contribution in [0, 0.1) is 0 Å². The Labute approximate surface area is 178 Å². The van der Waals surface area contributed by atoms with Crippen molar-refractivity contribution in [3.63, 3.8) is 0 Å². The average Bonchev–Trinajstić information content (AvgIpc) is 3.14. The molecule has 1 saturated heterocycles. The van der Waals surface area contributed by atoms with Gasteiger partial charge in [0.25, 0.3) is 10.0 Å². The van der Waals surface area contributed by atoms with E-state index in [4.69, 9.17) is 0 Å². The molecule has 0 aromatic heterocycles. The van der Waals surface area contributed by atoms with Crippen LogP contribution in [-0.2, 0) is 16.2 Å². The molecule has 0 unspecified atom stereocenters. The van der Waals surface area contributed by atoms with E-state index in [0.29, 0.717) is 12.1 Å². The van der Waals surface area contributed by atoms with Crippen molar-refractivity contribution >= 4 is 16.1 Å². The highest BCUT2D eigenvalue weighted by Gasteiger charge is 2.86. The number of hydrogen-bond donors (Lipinski definition) is 0. The molecule has 1 aliphatic rings. The molecule has 1 aromatic rings. The van der Waals surface area contributed by atoms with Crippen molar-refractivity contribution in [3.8, 4) is 0 Å². The first kappa shape index (κ1) is 27.3. The fourth-order valence-corrected chi connectivity index (χ4v) is 4.58. The molecule has 0 N–H and O–H groups in total. The Hall–Kier alpha value is -1.97. The maximum Gasteiger partial charge on any atom is 0.460 e. The summed E-state index contributed by atoms with van der Waals surface area (Å²) in [7, 11) is -6.75. The summed E-state index contributed by atoms with van der Waals surface area (Å²) in [6, 6.07) is 1.45. The maximum atomic E-state index is 14.1. The zero-order valence-corrected chi connectivity index (χ0v) is 16.7. The fourth-order valence-electron chi connectivity index (χ4n) is 2.93. The van der Waals surface area contributed by atoms with E-state index in [1.807, 2.05) is 0 Å². The third-order valence-electron chi connectivity index (χ3n) is 4.75. The quantitative estimate of drug-likeness (QED) is 0.433. The lowest BCUT2D eigenvalue weighted by atomic mass is 10.1. The largest absolute Gasteiger partial charge is 0.460 e. The maximum absolute atomic E-state index is 14.1. The van der Waals surface area contributed by atoms with E-state index in [0.717, 1.165) is 24.3 Å². The van der Waals surface area contributed by atoms with Crippen LogP contribution in [0.1, 0.15) is 24.0 Å². The lowest BCUT2D eigenvalue weighted by molar-refractivity contribution is -0.382. The van der Waals surface area contributed by atoms with Gasteiger partial charge in [0.1, 0.15) is 0 Å². The molecule has 1 heterocycles. The van der Waals surface area contributed by atoms with Gasteiger partial charge in [-0.2, -0.15) is 57.0 Å². The first-order valence-electron chi connectivity index (χ1n) is 8.75. The molecule has 0 bridgehead atoms. The normalized spacial score (nSPS) is 20.1. The Morgan fingerprint density at radius 2 is 1.33 bits per heavy atom. The number of sulfonamides is 1. The van der Waals surface area contributed by atoms with Gasteiger partial charge >= 0.3 is 29.5 Å². The minimum atomic E-state index is -7.37. The molecule has 0 saturated carbocycles. The zero-order chi connectivity index (χ0) is 25.7. The lowest BCUT2D eigenvalue weighted by Crippen LogP contribution is -2.65. The van der Waals surface area contributed by atoms with E-state index in [-0.39, 0.29) is 22.7 Å². The van der Waals surface area contributed by atoms with Crippen LogP contribution in [0.3, 0.4) is 0 Å². The Bertz CT molecular complexity index is 981. The summed E-state index contributed by atoms with van der Waals surface area (Å²) in [6.45, 7) is -0.895. The van der Waals surface area contributed by atoms with Crippen LogP contribution in [0.5, 0.6) is 0 Å². The van der Waals surface area contributed by atoms with E-state index < -0.39 is 57.6 Å². The second-order valence-corrected chi connectivity index (χ2v) is 8.90. The molecule has 1 fully saturated rings. The molecule has 0 spiro atoms. The molecular formula is C17H13F12NO2S. The number of nitrogens with zero attached hydrogens (tertiary/aromatic N) is 1. The summed E-state index contributed by atoms with van der Waals surface area (Å²) in [6.07, 6.45) is -10.6. The second-order valence-electron chi connectivity index (χ2n) is 6.97. The van der Waals surface area contributed by atoms with E-state index in [1.165, 1.54) is 0 Å². The molecule has 3 nitrogen and oxygen atoms in total. The number of alkyl halides is 12. The van der Waals surface area contributed by atoms with Crippen molar-refractivity contribution in [3.05, 3.63) is 41.5 Å². The highest BCUT2D eigenvalue weighted by molar-refractivity contribution is 7.90. The molecule has 1 atom stereocenters. The Kier molecular flexibility index (Phi) is 6.91. The highest BCUT2D eigenvalue weighted by Crippen LogP contribution is 2.55. The van der Waals surface area contributed by atoms with Crippen LogP contribution < -0.4 is 0 Å². The van der Waals surface area contributed by atoms with Gasteiger partial charge in [0.05, 0.1) is 5.56 Å². The topological polar surface area (TPSA) is 37.4 Å². The van der Waals surface area contributed by atoms with Crippen molar-refractivity contribution in [2.75, 3.05) is 6.54 Å². The van der Waals surface area contributed by atoms with E-state index in [1.54, 1.807) is 0 Å². The number of halogens is 12. The standard InChI is InChI=1S/C17H13F12NO2S/c18-13(19,20)11-6-3-10(4-7-11)5-8-12-2-1-9-30(12)33(31,32)17(28,29)15(23,24)14(21,22)16(25,26)27/h3-8,12H,1-2,9H2/b8-5+/t12-/m1/s1. The summed E-state index contributed by atoms with van der Waals surface area (Å²) < 4.78 is 180. The molecule has 1 aliphatic heterocycles. The number of rotatable bonds is 6. The van der Waals surface area contributed by atoms with Crippen LogP contribution >= 0.6 is 0 Å². The predicted octanol–water partition coefficient (Wildman–Crippen LogP) is 5.94. The van der Waals surface area contributed by atoms with Gasteiger partial charge in [0.2, 0.25) is 0 Å². The van der Waals surface area contributed by atoms with Crippen LogP contribution in [0.15, 0.2) is 30.3 Å². The Balaban J connectivity index is 2.35. The van der Waals surface area contributed by atoms with Crippen molar-refractivity contribution in [1.82, 2.24) is 4.31 Å². The highest BCUT2D eigenvalue weighted by atomic mass is 32.2. The van der Waals surface area contributed by atoms with Crippen molar-refractivity contribution < 1.29 is 61.1 Å². The molecule has 188 valence electrons. The fraction of sp³-hybridized carbons (Fsp3) is 0.529. The Morgan fingerprint density at radius 1 is 0.818 bits per heavy atom. The van der Waals surface area contributed by atoms with Crippen molar-refractivity contribution in [2.45, 2.75) is 48.3 Å². The third kappa shape index (κ3) is 4.68. The van der Waals surface area contributed by atoms with E-state index in [9.17, 15) is 61.1 Å². The zero-order valence-electron chi connectivity index (χ0n) is 15.9. The summed E-state index contributed by atoms with van der Waals surface area (Å²) in [4.78, 5) is 0. The molecule has 16 heteroatoms. The van der Waals surface area contributed by atoms with Crippen LogP contribution in [0.4, 0.5) is 52.7 Å². The van der Waals surface area contributed by atoms with Gasteiger partial charge in [-0.25, -0.2) is 8.42 Å². The monoisotopic (exact) mass is 523 g/mol. The van der Waals surface area contributed by atoms with Crippen LogP contribution in [0.2, 0.25) is 0 Å². The number of hydrogen-bond acceptors (Lipinski definition) is 2. The minimum Gasteiger partial charge on any atom is -0.206 e. The van der Waals surface area contributed by atoms with E-state index >= 15 is 0 Å². The van der Waals surface area contributed by atoms with Crippen molar-refractivity contribution in [1.29, 1.82) is 0 Å². The first-order chi connectivity index (χ1) is 14.7. The summed E-state index contributed by atoms with van der Waals surface area (Å²) in [5, 5.41) is -6.84. The predicted molar refractivity (Wildman–Crippen MR) is 90.0 cm³/mol. The van der Waals surface area contributed by atoms with Gasteiger partial charge in [-0.3, -0.25) is 0 Å². The molecule has 1 aromatic carbocycles. The summed E-state index contributed by atoms with van der Waals surface area (Å²) in [5.41, 5.74) is -1.04. The molecule has 0 aliphatic carbocycles. The van der Waals surface area contributed by atoms with Crippen LogP contribution in [0.25, 0.3) is 6.08 Å². The third-order valence-corrected chi connectivity index (χ3v) is 6.72. The summed E-state index contributed by atoms with van der Waals surface area (Å²) in [5.74, 6) is -14.7. The smallest absolute Gasteiger partial charge is 0.206 e. The first-order valence-corrected chi connectivity index (χ1v) is 10.2. The molecule has 33 heavy (non-hydrogen) atoms. The van der Waals surface area contributed by atoms with Gasteiger partial charge in [0.15, 0.2) is 0 Å². The molecular weight excluding hydrogens is 510 g/mol. The second kappa shape index (κ2) is 8.36. The van der Waals surface area contributed by atoms with Gasteiger partial charge < -0.3 is 0 Å². The minimum absolute atomic E-state index is 0.00735. The number of benzene rings is 1. The molecule has 0 radical (unpaired) electrons. The SMILES string of the molecule is O=S(=O)(N1CCC[C@@H]1/C=C/c1ccc(C(F)(F)F)cc1)C(F)(F)C(F)(F)C(F)(F)C(F)(F)F. The van der Waals surface area contributed by atoms with Gasteiger partial charge in [-0.05, 0) is 30.5 Å². The summed E-state index contributed by atoms with van der Waals surface area (Å²) >= 11 is 0. The molecule has 2 rings (SSSR count). The van der Waals surface area contributed by atoms with Crippen LogP contribution in [-0.4, -0.2) is 48.6 Å². The lowest BCUT2D eigenvalue weighted by Gasteiger charge is -2.35. The van der Waals surface area contributed by atoms with Gasteiger partial charge in [-0.15, -0.1) is 0 Å². The Morgan fingerprint density at radius 3 is 1.79 bits per heavy atom.